The highest BCUT2D eigenvalue weighted by Crippen LogP contribution is 2.12. The molecule has 0 radical (unpaired) electrons. The van der Waals surface area contributed by atoms with Crippen LogP contribution < -0.4 is 16.0 Å². The first-order valence-corrected chi connectivity index (χ1v) is 9.23. The van der Waals surface area contributed by atoms with Gasteiger partial charge in [-0.2, -0.15) is 0 Å². The lowest BCUT2D eigenvalue weighted by molar-refractivity contribution is 0.0600. The molecule has 0 bridgehead atoms. The second-order valence-electron chi connectivity index (χ2n) is 7.27. The third-order valence-corrected chi connectivity index (χ3v) is 3.85. The summed E-state index contributed by atoms with van der Waals surface area (Å²) in [4.78, 5) is 36.3. The van der Waals surface area contributed by atoms with Crippen molar-refractivity contribution >= 4 is 40.8 Å². The third-order valence-electron chi connectivity index (χ3n) is 3.64. The van der Waals surface area contributed by atoms with Gasteiger partial charge in [0.25, 0.3) is 11.8 Å². The number of ether oxygens (including phenoxy) is 1. The van der Waals surface area contributed by atoms with E-state index in [0.29, 0.717) is 11.3 Å². The highest BCUT2D eigenvalue weighted by Gasteiger charge is 2.16. The topological polar surface area (TPSA) is 96.5 Å². The van der Waals surface area contributed by atoms with Gasteiger partial charge in [-0.1, -0.05) is 12.1 Å². The van der Waals surface area contributed by atoms with Crippen LogP contribution in [0.15, 0.2) is 48.5 Å². The minimum atomic E-state index is -0.536. The Bertz CT molecular complexity index is 951. The predicted octanol–water partition coefficient (Wildman–Crippen LogP) is 3.13. The van der Waals surface area contributed by atoms with Crippen LogP contribution in [-0.4, -0.2) is 35.5 Å². The van der Waals surface area contributed by atoms with E-state index < -0.39 is 11.9 Å². The van der Waals surface area contributed by atoms with Crippen LogP contribution in [0.5, 0.6) is 0 Å². The standard InChI is InChI=1S/C21H23N3O4S/c1-21(2,3)24-18(26)14-8-6-10-16(12-14)22-20(29)23-17(25)13-7-5-9-15(11-13)19(27)28-4/h5-12H,1-4H3,(H,24,26)(H2,22,23,25,29). The molecular weight excluding hydrogens is 390 g/mol. The van der Waals surface area contributed by atoms with Crippen molar-refractivity contribution in [3.05, 3.63) is 65.2 Å². The lowest BCUT2D eigenvalue weighted by Gasteiger charge is -2.20. The fourth-order valence-electron chi connectivity index (χ4n) is 2.39. The van der Waals surface area contributed by atoms with Gasteiger partial charge in [-0.3, -0.25) is 14.9 Å². The summed E-state index contributed by atoms with van der Waals surface area (Å²) in [7, 11) is 1.27. The summed E-state index contributed by atoms with van der Waals surface area (Å²) in [6.45, 7) is 5.69. The van der Waals surface area contributed by atoms with E-state index in [1.165, 1.54) is 13.2 Å². The van der Waals surface area contributed by atoms with Crippen LogP contribution >= 0.6 is 12.2 Å². The van der Waals surface area contributed by atoms with Crippen molar-refractivity contribution in [2.45, 2.75) is 26.3 Å². The van der Waals surface area contributed by atoms with Crippen LogP contribution in [0, 0.1) is 0 Å². The SMILES string of the molecule is COC(=O)c1cccc(C(=O)NC(=S)Nc2cccc(C(=O)NC(C)(C)C)c2)c1. The monoisotopic (exact) mass is 413 g/mol. The first kappa shape index (κ1) is 22.0. The summed E-state index contributed by atoms with van der Waals surface area (Å²) in [5.74, 6) is -1.23. The number of methoxy groups -OCH3 is 1. The average molecular weight is 413 g/mol. The maximum absolute atomic E-state index is 12.4. The summed E-state index contributed by atoms with van der Waals surface area (Å²) in [5.41, 5.74) is 1.18. The third kappa shape index (κ3) is 6.69. The Labute approximate surface area is 174 Å². The first-order valence-electron chi connectivity index (χ1n) is 8.82. The second kappa shape index (κ2) is 9.29. The molecule has 29 heavy (non-hydrogen) atoms. The van der Waals surface area contributed by atoms with Crippen LogP contribution in [0.2, 0.25) is 0 Å². The molecule has 2 aromatic rings. The molecule has 0 fully saturated rings. The van der Waals surface area contributed by atoms with E-state index in [9.17, 15) is 14.4 Å². The summed E-state index contributed by atoms with van der Waals surface area (Å²) in [5, 5.41) is 8.37. The Morgan fingerprint density at radius 3 is 2.10 bits per heavy atom. The minimum absolute atomic E-state index is 0.0619. The Balaban J connectivity index is 2.04. The predicted molar refractivity (Wildman–Crippen MR) is 115 cm³/mol. The second-order valence-corrected chi connectivity index (χ2v) is 7.67. The molecule has 0 spiro atoms. The fraction of sp³-hybridized carbons (Fsp3) is 0.238. The van der Waals surface area contributed by atoms with Crippen molar-refractivity contribution in [1.82, 2.24) is 10.6 Å². The molecule has 2 aromatic carbocycles. The van der Waals surface area contributed by atoms with Crippen LogP contribution in [0.3, 0.4) is 0 Å². The van der Waals surface area contributed by atoms with Gasteiger partial charge in [-0.05, 0) is 69.4 Å². The molecule has 0 saturated carbocycles. The number of hydrogen-bond donors (Lipinski definition) is 3. The molecule has 0 saturated heterocycles. The van der Waals surface area contributed by atoms with Gasteiger partial charge < -0.3 is 15.4 Å². The van der Waals surface area contributed by atoms with Gasteiger partial charge in [0.1, 0.15) is 0 Å². The van der Waals surface area contributed by atoms with Gasteiger partial charge in [0.15, 0.2) is 5.11 Å². The van der Waals surface area contributed by atoms with E-state index in [4.69, 9.17) is 12.2 Å². The largest absolute Gasteiger partial charge is 0.465 e. The lowest BCUT2D eigenvalue weighted by atomic mass is 10.1. The summed E-state index contributed by atoms with van der Waals surface area (Å²) >= 11 is 5.18. The number of carbonyl (C=O) groups excluding carboxylic acids is 3. The summed E-state index contributed by atoms with van der Waals surface area (Å²) < 4.78 is 4.65. The van der Waals surface area contributed by atoms with Gasteiger partial charge in [0, 0.05) is 22.4 Å². The van der Waals surface area contributed by atoms with Gasteiger partial charge in [-0.25, -0.2) is 4.79 Å². The number of carbonyl (C=O) groups is 3. The number of anilines is 1. The Morgan fingerprint density at radius 1 is 0.897 bits per heavy atom. The molecule has 8 heteroatoms. The highest BCUT2D eigenvalue weighted by atomic mass is 32.1. The molecule has 0 aliphatic heterocycles. The van der Waals surface area contributed by atoms with E-state index in [0.717, 1.165) is 0 Å². The fourth-order valence-corrected chi connectivity index (χ4v) is 2.60. The number of thiocarbonyl (C=S) groups is 1. The van der Waals surface area contributed by atoms with E-state index in [1.807, 2.05) is 20.8 Å². The van der Waals surface area contributed by atoms with Crippen molar-refractivity contribution in [2.75, 3.05) is 12.4 Å². The van der Waals surface area contributed by atoms with E-state index in [1.54, 1.807) is 42.5 Å². The van der Waals surface area contributed by atoms with E-state index >= 15 is 0 Å². The van der Waals surface area contributed by atoms with Crippen molar-refractivity contribution in [3.63, 3.8) is 0 Å². The number of amides is 2. The maximum atomic E-state index is 12.4. The van der Waals surface area contributed by atoms with Gasteiger partial charge in [0.2, 0.25) is 0 Å². The number of nitrogens with one attached hydrogen (secondary N) is 3. The molecule has 0 heterocycles. The number of hydrogen-bond acceptors (Lipinski definition) is 5. The Morgan fingerprint density at radius 2 is 1.48 bits per heavy atom. The molecule has 0 aromatic heterocycles. The molecule has 0 aliphatic carbocycles. The number of benzene rings is 2. The summed E-state index contributed by atoms with van der Waals surface area (Å²) in [6, 6.07) is 12.9. The minimum Gasteiger partial charge on any atom is -0.465 e. The van der Waals surface area contributed by atoms with Crippen molar-refractivity contribution in [3.8, 4) is 0 Å². The molecule has 3 N–H and O–H groups in total. The molecule has 0 unspecified atom stereocenters. The Kier molecular flexibility index (Phi) is 7.06. The van der Waals surface area contributed by atoms with E-state index in [-0.39, 0.29) is 27.7 Å². The smallest absolute Gasteiger partial charge is 0.337 e. The number of esters is 1. The highest BCUT2D eigenvalue weighted by molar-refractivity contribution is 7.80. The zero-order valence-corrected chi connectivity index (χ0v) is 17.5. The Hall–Kier alpha value is -3.26. The van der Waals surface area contributed by atoms with Crippen LogP contribution in [0.4, 0.5) is 5.69 Å². The molecule has 2 amide bonds. The molecule has 0 atom stereocenters. The zero-order valence-electron chi connectivity index (χ0n) is 16.7. The molecule has 152 valence electrons. The van der Waals surface area contributed by atoms with Crippen molar-refractivity contribution in [1.29, 1.82) is 0 Å². The maximum Gasteiger partial charge on any atom is 0.337 e. The first-order chi connectivity index (χ1) is 13.6. The van der Waals surface area contributed by atoms with Gasteiger partial charge >= 0.3 is 5.97 Å². The van der Waals surface area contributed by atoms with Crippen molar-refractivity contribution in [2.24, 2.45) is 0 Å². The molecule has 0 aliphatic rings. The average Bonchev–Trinajstić information content (AvgIpc) is 2.66. The van der Waals surface area contributed by atoms with Crippen molar-refractivity contribution < 1.29 is 19.1 Å². The zero-order chi connectivity index (χ0) is 21.6. The lowest BCUT2D eigenvalue weighted by Crippen LogP contribution is -2.40. The van der Waals surface area contributed by atoms with Crippen LogP contribution in [-0.2, 0) is 4.74 Å². The van der Waals surface area contributed by atoms with Gasteiger partial charge in [0.05, 0.1) is 12.7 Å². The summed E-state index contributed by atoms with van der Waals surface area (Å²) in [6.07, 6.45) is 0. The quantitative estimate of drug-likeness (QED) is 0.526. The molecule has 2 rings (SSSR count). The molecular formula is C21H23N3O4S. The van der Waals surface area contributed by atoms with E-state index in [2.05, 4.69) is 20.7 Å². The number of rotatable bonds is 4. The molecule has 7 nitrogen and oxygen atoms in total. The van der Waals surface area contributed by atoms with Crippen LogP contribution in [0.1, 0.15) is 51.8 Å². The normalized spacial score (nSPS) is 10.6. The van der Waals surface area contributed by atoms with Gasteiger partial charge in [-0.15, -0.1) is 0 Å². The van der Waals surface area contributed by atoms with Crippen LogP contribution in [0.25, 0.3) is 0 Å².